The van der Waals surface area contributed by atoms with E-state index in [1.54, 1.807) is 12.1 Å². The quantitative estimate of drug-likeness (QED) is 0.649. The van der Waals surface area contributed by atoms with Gasteiger partial charge in [-0.25, -0.2) is 9.89 Å². The van der Waals surface area contributed by atoms with Crippen molar-refractivity contribution in [2.45, 2.75) is 6.92 Å². The number of ether oxygens (including phenoxy) is 1. The molecule has 0 amide bonds. The van der Waals surface area contributed by atoms with E-state index in [2.05, 4.69) is 25.7 Å². The Balaban J connectivity index is 2.12. The largest absolute Gasteiger partial charge is 0.491 e. The van der Waals surface area contributed by atoms with Gasteiger partial charge in [0, 0.05) is 0 Å². The lowest BCUT2D eigenvalue weighted by atomic mass is 10.2. The molecule has 1 heterocycles. The molecule has 0 bridgehead atoms. The van der Waals surface area contributed by atoms with Crippen molar-refractivity contribution in [3.05, 3.63) is 44.4 Å². The van der Waals surface area contributed by atoms with Crippen LogP contribution in [0.2, 0.25) is 10.0 Å². The van der Waals surface area contributed by atoms with Crippen LogP contribution in [0.15, 0.2) is 28.2 Å². The first-order chi connectivity index (χ1) is 10.1. The van der Waals surface area contributed by atoms with Gasteiger partial charge in [-0.3, -0.25) is 5.43 Å². The standard InChI is InChI=1S/C12H11Cl2N5O2/c1-2-21-11-8(13)3-7(4-9(11)14)5-15-18-10-6-16-19-12(20)17-10/h3-6H,2H2,1H3,(H2,17,18,19,20)/b15-5+. The molecular formula is C12H11Cl2N5O2. The molecule has 0 spiro atoms. The molecule has 0 aliphatic rings. The molecule has 1 aromatic carbocycles. The zero-order valence-corrected chi connectivity index (χ0v) is 12.4. The second-order valence-corrected chi connectivity index (χ2v) is 4.60. The van der Waals surface area contributed by atoms with E-state index < -0.39 is 5.69 Å². The lowest BCUT2D eigenvalue weighted by Crippen LogP contribution is -2.13. The van der Waals surface area contributed by atoms with E-state index in [0.717, 1.165) is 0 Å². The van der Waals surface area contributed by atoms with Crippen LogP contribution in [0, 0.1) is 0 Å². The summed E-state index contributed by atoms with van der Waals surface area (Å²) in [6.07, 6.45) is 2.81. The Hall–Kier alpha value is -2.12. The molecule has 0 radical (unpaired) electrons. The molecule has 2 N–H and O–H groups in total. The van der Waals surface area contributed by atoms with Gasteiger partial charge in [-0.2, -0.15) is 15.2 Å². The molecule has 2 rings (SSSR count). The minimum atomic E-state index is -0.567. The maximum atomic E-state index is 10.9. The summed E-state index contributed by atoms with van der Waals surface area (Å²) >= 11 is 12.1. The van der Waals surface area contributed by atoms with Crippen molar-refractivity contribution < 1.29 is 4.74 Å². The Bertz CT molecular complexity index is 694. The summed E-state index contributed by atoms with van der Waals surface area (Å²) in [4.78, 5) is 14.5. The number of hydrazone groups is 1. The number of rotatable bonds is 5. The highest BCUT2D eigenvalue weighted by molar-refractivity contribution is 6.37. The van der Waals surface area contributed by atoms with Gasteiger partial charge in [0.25, 0.3) is 0 Å². The molecule has 21 heavy (non-hydrogen) atoms. The summed E-state index contributed by atoms with van der Waals surface area (Å²) in [5, 5.41) is 10.4. The van der Waals surface area contributed by atoms with Crippen LogP contribution in [-0.2, 0) is 0 Å². The number of nitrogens with one attached hydrogen (secondary N) is 2. The molecule has 0 saturated heterocycles. The van der Waals surface area contributed by atoms with E-state index in [0.29, 0.717) is 28.0 Å². The molecule has 1 aromatic heterocycles. The highest BCUT2D eigenvalue weighted by Gasteiger charge is 2.08. The van der Waals surface area contributed by atoms with Gasteiger partial charge in [-0.1, -0.05) is 23.2 Å². The van der Waals surface area contributed by atoms with E-state index in [-0.39, 0.29) is 5.82 Å². The first-order valence-corrected chi connectivity index (χ1v) is 6.68. The number of hydrogen-bond donors (Lipinski definition) is 2. The first kappa shape index (κ1) is 15.3. The van der Waals surface area contributed by atoms with Gasteiger partial charge < -0.3 is 4.74 Å². The van der Waals surface area contributed by atoms with Crippen molar-refractivity contribution in [1.29, 1.82) is 0 Å². The topological polar surface area (TPSA) is 92.3 Å². The lowest BCUT2D eigenvalue weighted by molar-refractivity contribution is 0.340. The molecule has 7 nitrogen and oxygen atoms in total. The van der Waals surface area contributed by atoms with Gasteiger partial charge in [0.05, 0.1) is 29.1 Å². The monoisotopic (exact) mass is 327 g/mol. The molecule has 9 heteroatoms. The van der Waals surface area contributed by atoms with E-state index in [1.807, 2.05) is 6.92 Å². The number of H-pyrrole nitrogens is 1. The van der Waals surface area contributed by atoms with Gasteiger partial charge in [0.1, 0.15) is 0 Å². The average molecular weight is 328 g/mol. The van der Waals surface area contributed by atoms with E-state index in [4.69, 9.17) is 27.9 Å². The number of halogens is 2. The summed E-state index contributed by atoms with van der Waals surface area (Å²) in [5.74, 6) is 0.657. The molecule has 0 saturated carbocycles. The minimum absolute atomic E-state index is 0.220. The normalized spacial score (nSPS) is 10.8. The Morgan fingerprint density at radius 3 is 2.76 bits per heavy atom. The van der Waals surface area contributed by atoms with Gasteiger partial charge >= 0.3 is 5.69 Å². The van der Waals surface area contributed by atoms with Crippen molar-refractivity contribution in [3.63, 3.8) is 0 Å². The van der Waals surface area contributed by atoms with Crippen LogP contribution < -0.4 is 15.9 Å². The summed E-state index contributed by atoms with van der Waals surface area (Å²) in [6.45, 7) is 2.31. The zero-order valence-electron chi connectivity index (χ0n) is 10.9. The van der Waals surface area contributed by atoms with Gasteiger partial charge in [-0.15, -0.1) is 0 Å². The lowest BCUT2D eigenvalue weighted by Gasteiger charge is -2.08. The first-order valence-electron chi connectivity index (χ1n) is 5.92. The average Bonchev–Trinajstić information content (AvgIpc) is 2.43. The SMILES string of the molecule is CCOc1c(Cl)cc(/C=N/Nc2cn[nH]c(=O)n2)cc1Cl. The highest BCUT2D eigenvalue weighted by Crippen LogP contribution is 2.33. The van der Waals surface area contributed by atoms with Gasteiger partial charge in [-0.05, 0) is 24.6 Å². The third-order valence-corrected chi connectivity index (χ3v) is 2.83. The van der Waals surface area contributed by atoms with Crippen molar-refractivity contribution >= 4 is 35.2 Å². The predicted molar refractivity (Wildman–Crippen MR) is 81.5 cm³/mol. The fourth-order valence-corrected chi connectivity index (χ4v) is 2.09. The molecule has 0 atom stereocenters. The molecule has 0 fully saturated rings. The Morgan fingerprint density at radius 2 is 2.14 bits per heavy atom. The Morgan fingerprint density at radius 1 is 1.43 bits per heavy atom. The van der Waals surface area contributed by atoms with Crippen molar-refractivity contribution in [2.75, 3.05) is 12.0 Å². The molecular weight excluding hydrogens is 317 g/mol. The van der Waals surface area contributed by atoms with Crippen LogP contribution in [0.5, 0.6) is 5.75 Å². The zero-order chi connectivity index (χ0) is 15.2. The van der Waals surface area contributed by atoms with E-state index in [9.17, 15) is 4.79 Å². The van der Waals surface area contributed by atoms with Crippen LogP contribution in [0.25, 0.3) is 0 Å². The summed E-state index contributed by atoms with van der Waals surface area (Å²) < 4.78 is 5.33. The number of anilines is 1. The number of hydrogen-bond acceptors (Lipinski definition) is 6. The number of aromatic nitrogens is 3. The van der Waals surface area contributed by atoms with E-state index in [1.165, 1.54) is 12.4 Å². The van der Waals surface area contributed by atoms with Gasteiger partial charge in [0.2, 0.25) is 0 Å². The smallest absolute Gasteiger partial charge is 0.363 e. The van der Waals surface area contributed by atoms with Crippen LogP contribution in [0.1, 0.15) is 12.5 Å². The summed E-state index contributed by atoms with van der Waals surface area (Å²) in [5.41, 5.74) is 2.67. The second-order valence-electron chi connectivity index (χ2n) is 3.79. The second kappa shape index (κ2) is 7.05. The summed E-state index contributed by atoms with van der Waals surface area (Å²) in [6, 6.07) is 3.32. The number of benzene rings is 1. The van der Waals surface area contributed by atoms with Crippen LogP contribution in [-0.4, -0.2) is 28.0 Å². The fourth-order valence-electron chi connectivity index (χ4n) is 1.47. The van der Waals surface area contributed by atoms with Crippen molar-refractivity contribution in [2.24, 2.45) is 5.10 Å². The minimum Gasteiger partial charge on any atom is -0.491 e. The Kier molecular flexibility index (Phi) is 5.13. The van der Waals surface area contributed by atoms with Gasteiger partial charge in [0.15, 0.2) is 11.6 Å². The molecule has 2 aromatic rings. The van der Waals surface area contributed by atoms with E-state index >= 15 is 0 Å². The van der Waals surface area contributed by atoms with Crippen molar-refractivity contribution in [3.8, 4) is 5.75 Å². The Labute approximate surface area is 130 Å². The molecule has 0 aliphatic heterocycles. The van der Waals surface area contributed by atoms with Crippen molar-refractivity contribution in [1.82, 2.24) is 15.2 Å². The maximum Gasteiger partial charge on any atom is 0.363 e. The maximum absolute atomic E-state index is 10.9. The molecule has 0 unspecified atom stereocenters. The van der Waals surface area contributed by atoms with Crippen LogP contribution in [0.4, 0.5) is 5.82 Å². The highest BCUT2D eigenvalue weighted by atomic mass is 35.5. The number of nitrogens with zero attached hydrogens (tertiary/aromatic N) is 3. The predicted octanol–water partition coefficient (Wildman–Crippen LogP) is 2.32. The number of aromatic amines is 1. The fraction of sp³-hybridized carbons (Fsp3) is 0.167. The van der Waals surface area contributed by atoms with Crippen LogP contribution in [0.3, 0.4) is 0 Å². The summed E-state index contributed by atoms with van der Waals surface area (Å²) in [7, 11) is 0. The molecule has 0 aliphatic carbocycles. The molecule has 110 valence electrons. The third kappa shape index (κ3) is 4.17. The van der Waals surface area contributed by atoms with Crippen LogP contribution >= 0.6 is 23.2 Å². The third-order valence-electron chi connectivity index (χ3n) is 2.27.